The molecule has 0 rings (SSSR count). The summed E-state index contributed by atoms with van der Waals surface area (Å²) in [6.07, 6.45) is 39.7. The maximum atomic E-state index is 10.2. The van der Waals surface area contributed by atoms with Crippen molar-refractivity contribution in [1.29, 1.82) is 0 Å². The quantitative estimate of drug-likeness (QED) is 0.0783. The van der Waals surface area contributed by atoms with E-state index in [0.29, 0.717) is 0 Å². The van der Waals surface area contributed by atoms with Crippen LogP contribution in [0.2, 0.25) is 0 Å². The average Bonchev–Trinajstić information content (AvgIpc) is 2.93. The number of rotatable bonds is 32. The van der Waals surface area contributed by atoms with E-state index in [0.717, 1.165) is 25.7 Å². The maximum Gasteiger partial charge on any atom is 1.00 e. The number of hydrogen-bond donors (Lipinski definition) is 0. The second-order valence-corrected chi connectivity index (χ2v) is 12.1. The summed E-state index contributed by atoms with van der Waals surface area (Å²) in [6.45, 7) is 4.53. The third-order valence-corrected chi connectivity index (χ3v) is 7.97. The summed E-state index contributed by atoms with van der Waals surface area (Å²) in [4.78, 5) is 20.4. The van der Waals surface area contributed by atoms with Gasteiger partial charge in [0.15, 0.2) is 0 Å². The zero-order valence-corrected chi connectivity index (χ0v) is 35.5. The molecule has 0 saturated heterocycles. The minimum absolute atomic E-state index is 0. The minimum atomic E-state index is -0.903. The first-order chi connectivity index (χ1) is 19.5. The average molecular weight is 707 g/mol. The summed E-state index contributed by atoms with van der Waals surface area (Å²) in [5.74, 6) is -1.81. The first-order valence-electron chi connectivity index (χ1n) is 17.9. The van der Waals surface area contributed by atoms with E-state index in [2.05, 4.69) is 13.8 Å². The van der Waals surface area contributed by atoms with E-state index in [-0.39, 0.29) is 101 Å². The first-order valence-corrected chi connectivity index (χ1v) is 17.9. The third kappa shape index (κ3) is 54.1. The molecule has 0 aliphatic heterocycles. The minimum Gasteiger partial charge on any atom is -0.550 e. The summed E-state index contributed by atoms with van der Waals surface area (Å²) in [6, 6.07) is 0. The van der Waals surface area contributed by atoms with Gasteiger partial charge in [0.05, 0.1) is 0 Å². The molecule has 0 aliphatic rings. The van der Waals surface area contributed by atoms with Gasteiger partial charge in [-0.1, -0.05) is 194 Å². The molecule has 0 aromatic rings. The number of carbonyl (C=O) groups excluding carboxylic acids is 2. The molecule has 0 atom stereocenters. The molecule has 4 nitrogen and oxygen atoms in total. The third-order valence-electron chi connectivity index (χ3n) is 7.97. The molecule has 0 saturated carbocycles. The standard InChI is InChI=1S/2C18H36O2.Cs.Li/c2*1-2-3-4-5-6-7-8-9-10-11-12-13-14-15-16-17-18(19)20;;/h2*2-17H2,1H3,(H,19,20);;/q;;2*+1/p-2. The summed E-state index contributed by atoms with van der Waals surface area (Å²) < 4.78 is 0. The van der Waals surface area contributed by atoms with E-state index in [1.165, 1.54) is 167 Å². The van der Waals surface area contributed by atoms with Crippen LogP contribution in [0.3, 0.4) is 0 Å². The van der Waals surface area contributed by atoms with Gasteiger partial charge >= 0.3 is 87.8 Å². The molecular formula is C36H70CsLiO4. The first kappa shape index (κ1) is 50.4. The van der Waals surface area contributed by atoms with Gasteiger partial charge in [0.2, 0.25) is 0 Å². The van der Waals surface area contributed by atoms with Crippen LogP contribution < -0.4 is 98.0 Å². The Morgan fingerprint density at radius 3 is 0.619 bits per heavy atom. The summed E-state index contributed by atoms with van der Waals surface area (Å²) in [5.41, 5.74) is 0. The molecule has 0 amide bonds. The molecule has 0 aromatic heterocycles. The predicted octanol–water partition coefficient (Wildman–Crippen LogP) is 4.00. The Balaban J connectivity index is -0.000000328. The molecule has 0 aromatic carbocycles. The summed E-state index contributed by atoms with van der Waals surface area (Å²) in [5, 5.41) is 20.4. The molecule has 0 radical (unpaired) electrons. The van der Waals surface area contributed by atoms with Gasteiger partial charge in [0, 0.05) is 11.9 Å². The number of carboxylic acid groups (broad SMARTS) is 2. The number of carbonyl (C=O) groups is 2. The van der Waals surface area contributed by atoms with Crippen LogP contribution in [0.1, 0.15) is 219 Å². The van der Waals surface area contributed by atoms with Crippen LogP contribution in [0.15, 0.2) is 0 Å². The fourth-order valence-corrected chi connectivity index (χ4v) is 5.28. The molecule has 0 aliphatic carbocycles. The van der Waals surface area contributed by atoms with Crippen molar-refractivity contribution >= 4 is 11.9 Å². The fraction of sp³-hybridized carbons (Fsp3) is 0.944. The maximum absolute atomic E-state index is 10.2. The molecule has 0 bridgehead atoms. The van der Waals surface area contributed by atoms with Crippen LogP contribution >= 0.6 is 0 Å². The van der Waals surface area contributed by atoms with Gasteiger partial charge in [0.1, 0.15) is 0 Å². The number of aliphatic carboxylic acids is 2. The largest absolute Gasteiger partial charge is 1.00 e. The molecule has 0 unspecified atom stereocenters. The molecule has 0 spiro atoms. The Morgan fingerprint density at radius 1 is 0.333 bits per heavy atom. The fourth-order valence-electron chi connectivity index (χ4n) is 5.28. The normalized spacial score (nSPS) is 10.3. The number of unbranched alkanes of at least 4 members (excludes halogenated alkanes) is 28. The SMILES string of the molecule is CCCCCCCCCCCCCCCCCC(=O)[O-].CCCCCCCCCCCCCCCCCC(=O)[O-].[Cs+].[Li+]. The molecule has 42 heavy (non-hydrogen) atoms. The van der Waals surface area contributed by atoms with Crippen molar-refractivity contribution in [2.75, 3.05) is 0 Å². The van der Waals surface area contributed by atoms with Crippen LogP contribution in [-0.2, 0) is 9.59 Å². The Hall–Kier alpha value is 1.59. The Morgan fingerprint density at radius 2 is 0.476 bits per heavy atom. The molecule has 0 fully saturated rings. The molecule has 6 heteroatoms. The van der Waals surface area contributed by atoms with Gasteiger partial charge in [-0.25, -0.2) is 0 Å². The van der Waals surface area contributed by atoms with E-state index in [4.69, 9.17) is 0 Å². The number of carboxylic acids is 2. The van der Waals surface area contributed by atoms with Gasteiger partial charge in [-0.3, -0.25) is 0 Å². The van der Waals surface area contributed by atoms with Gasteiger partial charge in [-0.15, -0.1) is 0 Å². The second kappa shape index (κ2) is 47.0. The zero-order chi connectivity index (χ0) is 29.8. The van der Waals surface area contributed by atoms with Crippen LogP contribution in [0.4, 0.5) is 0 Å². The Kier molecular flexibility index (Phi) is 56.5. The van der Waals surface area contributed by atoms with E-state index >= 15 is 0 Å². The van der Waals surface area contributed by atoms with Crippen molar-refractivity contribution in [2.24, 2.45) is 0 Å². The smallest absolute Gasteiger partial charge is 0.550 e. The van der Waals surface area contributed by atoms with Crippen molar-refractivity contribution < 1.29 is 108 Å². The zero-order valence-electron chi connectivity index (χ0n) is 29.3. The van der Waals surface area contributed by atoms with Crippen molar-refractivity contribution in [3.63, 3.8) is 0 Å². The van der Waals surface area contributed by atoms with Crippen LogP contribution in [-0.4, -0.2) is 11.9 Å². The number of hydrogen-bond acceptors (Lipinski definition) is 4. The van der Waals surface area contributed by atoms with Crippen molar-refractivity contribution in [3.05, 3.63) is 0 Å². The molecule has 0 N–H and O–H groups in total. The summed E-state index contributed by atoms with van der Waals surface area (Å²) >= 11 is 0. The Bertz CT molecular complexity index is 461. The van der Waals surface area contributed by atoms with Gasteiger partial charge in [0.25, 0.3) is 0 Å². The monoisotopic (exact) mass is 706 g/mol. The van der Waals surface area contributed by atoms with Crippen molar-refractivity contribution in [3.8, 4) is 0 Å². The van der Waals surface area contributed by atoms with Gasteiger partial charge in [-0.2, -0.15) is 0 Å². The molecule has 240 valence electrons. The van der Waals surface area contributed by atoms with E-state index in [1.807, 2.05) is 0 Å². The van der Waals surface area contributed by atoms with Crippen LogP contribution in [0, 0.1) is 0 Å². The van der Waals surface area contributed by atoms with E-state index in [9.17, 15) is 19.8 Å². The van der Waals surface area contributed by atoms with Gasteiger partial charge in [-0.05, 0) is 25.7 Å². The van der Waals surface area contributed by atoms with Crippen LogP contribution in [0.5, 0.6) is 0 Å². The predicted molar refractivity (Wildman–Crippen MR) is 169 cm³/mol. The molecular weight excluding hydrogens is 636 g/mol. The van der Waals surface area contributed by atoms with Gasteiger partial charge < -0.3 is 19.8 Å². The second-order valence-electron chi connectivity index (χ2n) is 12.1. The summed E-state index contributed by atoms with van der Waals surface area (Å²) in [7, 11) is 0. The topological polar surface area (TPSA) is 80.3 Å². The Labute approximate surface area is 334 Å². The van der Waals surface area contributed by atoms with E-state index < -0.39 is 11.9 Å². The molecule has 0 heterocycles. The van der Waals surface area contributed by atoms with E-state index in [1.54, 1.807) is 0 Å². The van der Waals surface area contributed by atoms with Crippen LogP contribution in [0.25, 0.3) is 0 Å². The van der Waals surface area contributed by atoms with Crippen molar-refractivity contribution in [2.45, 2.75) is 219 Å². The van der Waals surface area contributed by atoms with Crippen molar-refractivity contribution in [1.82, 2.24) is 0 Å².